The van der Waals surface area contributed by atoms with E-state index in [1.165, 1.54) is 0 Å². The summed E-state index contributed by atoms with van der Waals surface area (Å²) in [6.07, 6.45) is 0. The molecular weight excluding hydrogens is 292 g/mol. The quantitative estimate of drug-likeness (QED) is 0.855. The number of nitrogens with zero attached hydrogens (tertiary/aromatic N) is 1. The number of aromatic nitrogens is 1. The van der Waals surface area contributed by atoms with Crippen LogP contribution in [0.4, 0.5) is 5.69 Å². The molecule has 1 aromatic carbocycles. The zero-order valence-corrected chi connectivity index (χ0v) is 14.0. The predicted octanol–water partition coefficient (Wildman–Crippen LogP) is 3.71. The zero-order valence-electron chi connectivity index (χ0n) is 14.0. The number of hydrogen-bond donors (Lipinski definition) is 1. The number of benzene rings is 1. The second-order valence-electron chi connectivity index (χ2n) is 6.09. The Balaban J connectivity index is 1.71. The molecule has 0 saturated carbocycles. The summed E-state index contributed by atoms with van der Waals surface area (Å²) in [7, 11) is 0. The van der Waals surface area contributed by atoms with Crippen molar-refractivity contribution in [1.29, 1.82) is 0 Å². The molecule has 23 heavy (non-hydrogen) atoms. The summed E-state index contributed by atoms with van der Waals surface area (Å²) in [5.41, 5.74) is 3.77. The molecule has 3 rings (SSSR count). The summed E-state index contributed by atoms with van der Waals surface area (Å²) in [4.78, 5) is 12.5. The molecule has 0 radical (unpaired) electrons. The summed E-state index contributed by atoms with van der Waals surface area (Å²) < 4.78 is 12.8. The Morgan fingerprint density at radius 1 is 1.22 bits per heavy atom. The molecule has 1 N–H and O–H groups in total. The van der Waals surface area contributed by atoms with Gasteiger partial charge in [-0.3, -0.25) is 4.79 Å². The first-order valence-corrected chi connectivity index (χ1v) is 7.82. The van der Waals surface area contributed by atoms with E-state index in [4.69, 9.17) is 9.47 Å². The van der Waals surface area contributed by atoms with Gasteiger partial charge in [-0.1, -0.05) is 0 Å². The van der Waals surface area contributed by atoms with Gasteiger partial charge in [0.1, 0.15) is 0 Å². The van der Waals surface area contributed by atoms with Crippen LogP contribution in [-0.4, -0.2) is 23.7 Å². The van der Waals surface area contributed by atoms with E-state index in [0.717, 1.165) is 28.4 Å². The van der Waals surface area contributed by atoms with Gasteiger partial charge in [0.15, 0.2) is 17.3 Å². The van der Waals surface area contributed by atoms with E-state index in [9.17, 15) is 4.79 Å². The van der Waals surface area contributed by atoms with Gasteiger partial charge in [0.25, 0.3) is 0 Å². The molecule has 0 spiro atoms. The first kappa shape index (κ1) is 15.5. The van der Waals surface area contributed by atoms with E-state index in [-0.39, 0.29) is 19.1 Å². The summed E-state index contributed by atoms with van der Waals surface area (Å²) in [6.45, 7) is 8.79. The number of rotatable bonds is 5. The van der Waals surface area contributed by atoms with Crippen LogP contribution in [0.15, 0.2) is 24.3 Å². The maximum absolute atomic E-state index is 12.5. The summed E-state index contributed by atoms with van der Waals surface area (Å²) in [6, 6.07) is 7.91. The maximum Gasteiger partial charge on any atom is 0.231 e. The fourth-order valence-electron chi connectivity index (χ4n) is 3.14. The fraction of sp³-hybridized carbons (Fsp3) is 0.389. The molecule has 2 aromatic rings. The number of carbonyl (C=O) groups is 1. The summed E-state index contributed by atoms with van der Waals surface area (Å²) in [5, 5.41) is 3.16. The number of fused-ring (bicyclic) bond motifs is 1. The van der Waals surface area contributed by atoms with Crippen molar-refractivity contribution in [3.05, 3.63) is 41.2 Å². The van der Waals surface area contributed by atoms with Gasteiger partial charge in [-0.25, -0.2) is 0 Å². The lowest BCUT2D eigenvalue weighted by molar-refractivity contribution is 0.101. The van der Waals surface area contributed by atoms with E-state index in [2.05, 4.69) is 23.7 Å². The van der Waals surface area contributed by atoms with Crippen LogP contribution in [-0.2, 0) is 0 Å². The highest BCUT2D eigenvalue weighted by Crippen LogP contribution is 2.34. The number of hydrogen-bond acceptors (Lipinski definition) is 4. The predicted molar refractivity (Wildman–Crippen MR) is 89.7 cm³/mol. The van der Waals surface area contributed by atoms with Crippen LogP contribution < -0.4 is 14.8 Å². The number of ketones is 1. The minimum atomic E-state index is 0.0858. The summed E-state index contributed by atoms with van der Waals surface area (Å²) >= 11 is 0. The number of ether oxygens (including phenoxy) is 2. The number of anilines is 1. The third-order valence-corrected chi connectivity index (χ3v) is 4.13. The first-order valence-electron chi connectivity index (χ1n) is 7.82. The van der Waals surface area contributed by atoms with E-state index < -0.39 is 0 Å². The topological polar surface area (TPSA) is 52.5 Å². The van der Waals surface area contributed by atoms with E-state index in [1.807, 2.05) is 38.1 Å². The van der Waals surface area contributed by atoms with Crippen molar-refractivity contribution < 1.29 is 14.3 Å². The largest absolute Gasteiger partial charge is 0.454 e. The van der Waals surface area contributed by atoms with Crippen molar-refractivity contribution in [2.24, 2.45) is 0 Å². The highest BCUT2D eigenvalue weighted by Gasteiger charge is 2.18. The van der Waals surface area contributed by atoms with Crippen molar-refractivity contribution in [3.8, 4) is 11.5 Å². The molecule has 0 amide bonds. The third-order valence-electron chi connectivity index (χ3n) is 4.13. The Labute approximate surface area is 136 Å². The Bertz CT molecular complexity index is 747. The molecular formula is C18H22N2O3. The number of Topliss-reactive ketones (excluding diaryl/α,β-unsaturated/α-hetero) is 1. The van der Waals surface area contributed by atoms with Crippen LogP contribution >= 0.6 is 0 Å². The summed E-state index contributed by atoms with van der Waals surface area (Å²) in [5.74, 6) is 1.53. The smallest absolute Gasteiger partial charge is 0.231 e. The van der Waals surface area contributed by atoms with Crippen LogP contribution in [0.3, 0.4) is 0 Å². The minimum Gasteiger partial charge on any atom is -0.454 e. The average molecular weight is 314 g/mol. The number of nitrogens with one attached hydrogen (secondary N) is 1. The normalized spacial score (nSPS) is 12.7. The molecule has 1 aromatic heterocycles. The van der Waals surface area contributed by atoms with Crippen LogP contribution in [0, 0.1) is 13.8 Å². The maximum atomic E-state index is 12.5. The highest BCUT2D eigenvalue weighted by molar-refractivity contribution is 6.00. The van der Waals surface area contributed by atoms with E-state index in [0.29, 0.717) is 11.8 Å². The molecule has 1 aliphatic rings. The van der Waals surface area contributed by atoms with Gasteiger partial charge >= 0.3 is 0 Å². The fourth-order valence-corrected chi connectivity index (χ4v) is 3.14. The van der Waals surface area contributed by atoms with Crippen LogP contribution in [0.1, 0.15) is 41.6 Å². The standard InChI is InChI=1S/C18H22N2O3/c1-11(2)20-12(3)7-15(13(20)4)16(21)9-19-14-5-6-17-18(8-14)23-10-22-17/h5-8,11,19H,9-10H2,1-4H3. The van der Waals surface area contributed by atoms with Gasteiger partial charge in [0, 0.05) is 34.7 Å². The molecule has 5 heteroatoms. The Morgan fingerprint density at radius 2 is 1.96 bits per heavy atom. The van der Waals surface area contributed by atoms with Gasteiger partial charge in [-0.05, 0) is 45.9 Å². The number of aryl methyl sites for hydroxylation is 1. The van der Waals surface area contributed by atoms with Gasteiger partial charge in [0.2, 0.25) is 6.79 Å². The second kappa shape index (κ2) is 5.99. The molecule has 0 atom stereocenters. The molecule has 0 saturated heterocycles. The van der Waals surface area contributed by atoms with Crippen LogP contribution in [0.2, 0.25) is 0 Å². The minimum absolute atomic E-state index is 0.0858. The monoisotopic (exact) mass is 314 g/mol. The van der Waals surface area contributed by atoms with Crippen LogP contribution in [0.25, 0.3) is 0 Å². The SMILES string of the molecule is Cc1cc(C(=O)CNc2ccc3c(c2)OCO3)c(C)n1C(C)C. The average Bonchev–Trinajstić information content (AvgIpc) is 3.08. The molecule has 1 aliphatic heterocycles. The molecule has 0 bridgehead atoms. The lowest BCUT2D eigenvalue weighted by Crippen LogP contribution is -2.15. The molecule has 2 heterocycles. The van der Waals surface area contributed by atoms with E-state index in [1.54, 1.807) is 0 Å². The van der Waals surface area contributed by atoms with Crippen molar-refractivity contribution >= 4 is 11.5 Å². The lowest BCUT2D eigenvalue weighted by atomic mass is 10.1. The number of carbonyl (C=O) groups excluding carboxylic acids is 1. The van der Waals surface area contributed by atoms with Crippen molar-refractivity contribution in [3.63, 3.8) is 0 Å². The van der Waals surface area contributed by atoms with Gasteiger partial charge in [0.05, 0.1) is 6.54 Å². The van der Waals surface area contributed by atoms with Crippen molar-refractivity contribution in [1.82, 2.24) is 4.57 Å². The molecule has 0 fully saturated rings. The highest BCUT2D eigenvalue weighted by atomic mass is 16.7. The lowest BCUT2D eigenvalue weighted by Gasteiger charge is -2.13. The molecule has 5 nitrogen and oxygen atoms in total. The van der Waals surface area contributed by atoms with Gasteiger partial charge in [-0.2, -0.15) is 0 Å². The van der Waals surface area contributed by atoms with Crippen LogP contribution in [0.5, 0.6) is 11.5 Å². The van der Waals surface area contributed by atoms with Gasteiger partial charge in [-0.15, -0.1) is 0 Å². The zero-order chi connectivity index (χ0) is 16.6. The van der Waals surface area contributed by atoms with Gasteiger partial charge < -0.3 is 19.4 Å². The Kier molecular flexibility index (Phi) is 4.03. The molecule has 0 unspecified atom stereocenters. The first-order chi connectivity index (χ1) is 11.0. The second-order valence-corrected chi connectivity index (χ2v) is 6.09. The third kappa shape index (κ3) is 2.91. The Morgan fingerprint density at radius 3 is 2.65 bits per heavy atom. The molecule has 122 valence electrons. The van der Waals surface area contributed by atoms with E-state index >= 15 is 0 Å². The molecule has 0 aliphatic carbocycles. The Hall–Kier alpha value is -2.43. The van der Waals surface area contributed by atoms with Crippen molar-refractivity contribution in [2.45, 2.75) is 33.7 Å². The van der Waals surface area contributed by atoms with Crippen molar-refractivity contribution in [2.75, 3.05) is 18.7 Å².